The van der Waals surface area contributed by atoms with E-state index >= 15 is 0 Å². The van der Waals surface area contributed by atoms with Crippen molar-refractivity contribution in [2.24, 2.45) is 11.8 Å². The molecular weight excluding hydrogens is 160 g/mol. The Balaban J connectivity index is 2.76. The Morgan fingerprint density at radius 3 is 0.917 bits per heavy atom. The van der Waals surface area contributed by atoms with E-state index in [1.165, 1.54) is 0 Å². The first-order valence-corrected chi connectivity index (χ1v) is 4.19. The lowest BCUT2D eigenvalue weighted by Crippen LogP contribution is -2.56. The summed E-state index contributed by atoms with van der Waals surface area (Å²) in [5, 5.41) is 37.5. The second kappa shape index (κ2) is 3.30. The van der Waals surface area contributed by atoms with Crippen molar-refractivity contribution in [1.82, 2.24) is 0 Å². The van der Waals surface area contributed by atoms with Gasteiger partial charge in [-0.1, -0.05) is 13.8 Å². The van der Waals surface area contributed by atoms with E-state index in [4.69, 9.17) is 0 Å². The van der Waals surface area contributed by atoms with Crippen LogP contribution in [-0.2, 0) is 0 Å². The smallest absolute Gasteiger partial charge is 0.0853 e. The highest BCUT2D eigenvalue weighted by molar-refractivity contribution is 4.94. The van der Waals surface area contributed by atoms with Crippen LogP contribution in [0.4, 0.5) is 0 Å². The summed E-state index contributed by atoms with van der Waals surface area (Å²) >= 11 is 0. The van der Waals surface area contributed by atoms with Crippen molar-refractivity contribution < 1.29 is 20.4 Å². The molecule has 4 heteroatoms. The molecule has 6 atom stereocenters. The van der Waals surface area contributed by atoms with Crippen LogP contribution in [0.2, 0.25) is 0 Å². The molecule has 1 saturated carbocycles. The molecule has 1 fully saturated rings. The van der Waals surface area contributed by atoms with Gasteiger partial charge in [-0.3, -0.25) is 0 Å². The SMILES string of the molecule is CC1C(O)C(O)C(C)[C@@H](O)C1O. The summed E-state index contributed by atoms with van der Waals surface area (Å²) in [5.74, 6) is -0.961. The summed E-state index contributed by atoms with van der Waals surface area (Å²) in [6, 6.07) is 0. The van der Waals surface area contributed by atoms with Gasteiger partial charge in [0.1, 0.15) is 0 Å². The quantitative estimate of drug-likeness (QED) is 0.370. The first kappa shape index (κ1) is 9.92. The second-order valence-electron chi connectivity index (χ2n) is 3.68. The fourth-order valence-corrected chi connectivity index (χ4v) is 1.65. The number of aliphatic hydroxyl groups is 4. The van der Waals surface area contributed by atoms with Gasteiger partial charge in [-0.05, 0) is 0 Å². The van der Waals surface area contributed by atoms with Gasteiger partial charge >= 0.3 is 0 Å². The van der Waals surface area contributed by atoms with Crippen LogP contribution in [0.5, 0.6) is 0 Å². The molecule has 12 heavy (non-hydrogen) atoms. The molecule has 0 aromatic rings. The lowest BCUT2D eigenvalue weighted by Gasteiger charge is -2.41. The van der Waals surface area contributed by atoms with Gasteiger partial charge in [0.05, 0.1) is 24.4 Å². The van der Waals surface area contributed by atoms with Gasteiger partial charge < -0.3 is 20.4 Å². The van der Waals surface area contributed by atoms with Crippen LogP contribution in [-0.4, -0.2) is 44.8 Å². The molecule has 1 aliphatic rings. The molecule has 0 radical (unpaired) electrons. The van der Waals surface area contributed by atoms with Crippen LogP contribution in [0.1, 0.15) is 13.8 Å². The molecule has 0 bridgehead atoms. The first-order valence-electron chi connectivity index (χ1n) is 4.19. The van der Waals surface area contributed by atoms with Gasteiger partial charge in [-0.2, -0.15) is 0 Å². The van der Waals surface area contributed by atoms with Crippen LogP contribution in [0, 0.1) is 11.8 Å². The highest BCUT2D eigenvalue weighted by atomic mass is 16.4. The summed E-state index contributed by atoms with van der Waals surface area (Å²) in [7, 11) is 0. The minimum absolute atomic E-state index is 0.480. The van der Waals surface area contributed by atoms with E-state index in [0.717, 1.165) is 0 Å². The highest BCUT2D eigenvalue weighted by Gasteiger charge is 2.44. The molecule has 1 aliphatic carbocycles. The molecule has 5 unspecified atom stereocenters. The largest absolute Gasteiger partial charge is 0.390 e. The van der Waals surface area contributed by atoms with Crippen molar-refractivity contribution in [3.8, 4) is 0 Å². The van der Waals surface area contributed by atoms with Crippen LogP contribution in [0.15, 0.2) is 0 Å². The Morgan fingerprint density at radius 2 is 0.750 bits per heavy atom. The minimum atomic E-state index is -0.946. The third-order valence-corrected chi connectivity index (χ3v) is 2.85. The van der Waals surface area contributed by atoms with Crippen LogP contribution >= 0.6 is 0 Å². The van der Waals surface area contributed by atoms with E-state index in [9.17, 15) is 20.4 Å². The summed E-state index contributed by atoms with van der Waals surface area (Å²) < 4.78 is 0. The van der Waals surface area contributed by atoms with Crippen molar-refractivity contribution in [1.29, 1.82) is 0 Å². The maximum atomic E-state index is 9.38. The van der Waals surface area contributed by atoms with E-state index in [1.807, 2.05) is 0 Å². The van der Waals surface area contributed by atoms with Gasteiger partial charge in [-0.25, -0.2) is 0 Å². The molecule has 0 saturated heterocycles. The summed E-state index contributed by atoms with van der Waals surface area (Å²) in [5.41, 5.74) is 0. The zero-order valence-electron chi connectivity index (χ0n) is 7.25. The van der Waals surface area contributed by atoms with Crippen molar-refractivity contribution >= 4 is 0 Å². The first-order chi connectivity index (χ1) is 5.46. The summed E-state index contributed by atoms with van der Waals surface area (Å²) in [4.78, 5) is 0. The normalized spacial score (nSPS) is 55.5. The summed E-state index contributed by atoms with van der Waals surface area (Å²) in [6.07, 6.45) is -3.78. The van der Waals surface area contributed by atoms with Gasteiger partial charge in [0.2, 0.25) is 0 Å². The van der Waals surface area contributed by atoms with Crippen LogP contribution in [0.25, 0.3) is 0 Å². The Labute approximate surface area is 71.5 Å². The maximum absolute atomic E-state index is 9.38. The Morgan fingerprint density at radius 1 is 0.583 bits per heavy atom. The zero-order valence-corrected chi connectivity index (χ0v) is 7.25. The van der Waals surface area contributed by atoms with Crippen LogP contribution in [0.3, 0.4) is 0 Å². The van der Waals surface area contributed by atoms with Crippen molar-refractivity contribution in [2.75, 3.05) is 0 Å². The van der Waals surface area contributed by atoms with Gasteiger partial charge in [-0.15, -0.1) is 0 Å². The number of hydrogen-bond donors (Lipinski definition) is 4. The van der Waals surface area contributed by atoms with Crippen molar-refractivity contribution in [3.05, 3.63) is 0 Å². The second-order valence-corrected chi connectivity index (χ2v) is 3.68. The van der Waals surface area contributed by atoms with Crippen molar-refractivity contribution in [2.45, 2.75) is 38.3 Å². The number of aliphatic hydroxyl groups excluding tert-OH is 4. The Bertz CT molecular complexity index is 103. The summed E-state index contributed by atoms with van der Waals surface area (Å²) in [6.45, 7) is 3.21. The molecular formula is C8H16O4. The third kappa shape index (κ3) is 1.35. The molecule has 0 amide bonds. The van der Waals surface area contributed by atoms with Gasteiger partial charge in [0.15, 0.2) is 0 Å². The maximum Gasteiger partial charge on any atom is 0.0853 e. The topological polar surface area (TPSA) is 80.9 Å². The lowest BCUT2D eigenvalue weighted by atomic mass is 9.75. The number of rotatable bonds is 0. The molecule has 4 nitrogen and oxygen atoms in total. The van der Waals surface area contributed by atoms with E-state index in [1.54, 1.807) is 13.8 Å². The predicted octanol–water partition coefficient (Wildman–Crippen LogP) is -1.28. The van der Waals surface area contributed by atoms with E-state index in [-0.39, 0.29) is 0 Å². The molecule has 0 spiro atoms. The Kier molecular flexibility index (Phi) is 2.73. The molecule has 0 aromatic heterocycles. The van der Waals surface area contributed by atoms with Gasteiger partial charge in [0, 0.05) is 11.8 Å². The fourth-order valence-electron chi connectivity index (χ4n) is 1.65. The highest BCUT2D eigenvalue weighted by Crippen LogP contribution is 2.29. The molecule has 0 aliphatic heterocycles. The zero-order chi connectivity index (χ0) is 9.46. The van der Waals surface area contributed by atoms with E-state index < -0.39 is 36.3 Å². The Hall–Kier alpha value is -0.160. The van der Waals surface area contributed by atoms with E-state index in [2.05, 4.69) is 0 Å². The predicted molar refractivity (Wildman–Crippen MR) is 42.4 cm³/mol. The minimum Gasteiger partial charge on any atom is -0.390 e. The molecule has 1 rings (SSSR count). The lowest BCUT2D eigenvalue weighted by molar-refractivity contribution is -0.170. The molecule has 72 valence electrons. The molecule has 0 aromatic carbocycles. The fraction of sp³-hybridized carbons (Fsp3) is 1.00. The van der Waals surface area contributed by atoms with Gasteiger partial charge in [0.25, 0.3) is 0 Å². The number of hydrogen-bond acceptors (Lipinski definition) is 4. The van der Waals surface area contributed by atoms with Crippen molar-refractivity contribution in [3.63, 3.8) is 0 Å². The van der Waals surface area contributed by atoms with Crippen LogP contribution < -0.4 is 0 Å². The monoisotopic (exact) mass is 176 g/mol. The van der Waals surface area contributed by atoms with E-state index in [0.29, 0.717) is 0 Å². The standard InChI is InChI=1S/C8H16O4/c1-3-5(9)7(11)4(2)8(12)6(3)10/h3-12H,1-2H3/t3?,4?,5-,6?,7?,8?/m1/s1. The third-order valence-electron chi connectivity index (χ3n) is 2.85. The molecule has 4 N–H and O–H groups in total. The average molecular weight is 176 g/mol. The molecule has 0 heterocycles. The average Bonchev–Trinajstić information content (AvgIpc) is 2.08.